The molecule has 1 rings (SSSR count). The highest BCUT2D eigenvalue weighted by atomic mass is 28.4. The average molecular weight is 351 g/mol. The van der Waals surface area contributed by atoms with E-state index in [2.05, 4.69) is 6.55 Å². The normalized spacial score (nSPS) is 22.6. The molecule has 0 N–H and O–H groups in total. The Hall–Kier alpha value is 0.234. The Labute approximate surface area is 138 Å². The summed E-state index contributed by atoms with van der Waals surface area (Å²) in [5.74, 6) is 0. The molecule has 7 heteroatoms. The molecule has 0 spiro atoms. The van der Waals surface area contributed by atoms with Crippen molar-refractivity contribution in [3.63, 3.8) is 0 Å². The molecule has 0 heterocycles. The monoisotopic (exact) mass is 350 g/mol. The van der Waals surface area contributed by atoms with Gasteiger partial charge in [0.1, 0.15) is 0 Å². The fourth-order valence-corrected chi connectivity index (χ4v) is 11.5. The van der Waals surface area contributed by atoms with E-state index in [9.17, 15) is 0 Å². The molecule has 0 aliphatic heterocycles. The summed E-state index contributed by atoms with van der Waals surface area (Å²) in [5, 5.41) is 0. The van der Waals surface area contributed by atoms with Crippen LogP contribution in [0.1, 0.15) is 47.5 Å². The summed E-state index contributed by atoms with van der Waals surface area (Å²) in [6.07, 6.45) is 2.20. The second kappa shape index (κ2) is 9.51. The minimum Gasteiger partial charge on any atom is -0.394 e. The Bertz CT molecular complexity index is 293. The fraction of sp³-hybridized carbons (Fsp3) is 1.00. The van der Waals surface area contributed by atoms with Crippen LogP contribution in [0.4, 0.5) is 0 Å². The van der Waals surface area contributed by atoms with Gasteiger partial charge in [-0.05, 0) is 54.0 Å². The first-order valence-corrected chi connectivity index (χ1v) is 12.9. The van der Waals surface area contributed by atoms with Gasteiger partial charge in [0.2, 0.25) is 0 Å². The lowest BCUT2D eigenvalue weighted by Gasteiger charge is -2.50. The third-order valence-electron chi connectivity index (χ3n) is 4.30. The van der Waals surface area contributed by atoms with Crippen molar-refractivity contribution in [2.75, 3.05) is 33.0 Å². The third-order valence-corrected chi connectivity index (χ3v) is 12.1. The lowest BCUT2D eigenvalue weighted by Crippen LogP contribution is -2.60. The van der Waals surface area contributed by atoms with Gasteiger partial charge in [-0.25, -0.2) is 0 Å². The zero-order chi connectivity index (χ0) is 16.6. The summed E-state index contributed by atoms with van der Waals surface area (Å²) in [4.78, 5) is 0. The van der Waals surface area contributed by atoms with Gasteiger partial charge in [0.25, 0.3) is 0 Å². The van der Waals surface area contributed by atoms with Crippen LogP contribution in [0.5, 0.6) is 0 Å². The van der Waals surface area contributed by atoms with Crippen molar-refractivity contribution in [2.45, 2.75) is 65.1 Å². The van der Waals surface area contributed by atoms with Crippen molar-refractivity contribution in [2.24, 2.45) is 0 Å². The van der Waals surface area contributed by atoms with Crippen LogP contribution in [0.3, 0.4) is 0 Å². The van der Waals surface area contributed by atoms with E-state index in [0.717, 1.165) is 12.8 Å². The first kappa shape index (κ1) is 20.3. The van der Waals surface area contributed by atoms with E-state index in [1.807, 2.05) is 34.6 Å². The van der Waals surface area contributed by atoms with E-state index >= 15 is 0 Å². The van der Waals surface area contributed by atoms with Gasteiger partial charge in [-0.15, -0.1) is 0 Å². The largest absolute Gasteiger partial charge is 0.504 e. The smallest absolute Gasteiger partial charge is 0.394 e. The van der Waals surface area contributed by atoms with Crippen molar-refractivity contribution in [1.82, 2.24) is 0 Å². The predicted molar refractivity (Wildman–Crippen MR) is 92.2 cm³/mol. The third kappa shape index (κ3) is 4.40. The Morgan fingerprint density at radius 3 is 1.27 bits per heavy atom. The maximum absolute atomic E-state index is 6.11. The lowest BCUT2D eigenvalue weighted by atomic mass is 9.98. The molecule has 0 radical (unpaired) electrons. The SMILES string of the molecule is CCO[Si](C)(OCC)C1CCC1[Si](OCC)(OCC)OCC. The van der Waals surface area contributed by atoms with E-state index in [0.29, 0.717) is 44.1 Å². The Kier molecular flexibility index (Phi) is 8.77. The molecule has 0 aromatic carbocycles. The van der Waals surface area contributed by atoms with Crippen LogP contribution in [-0.2, 0) is 22.1 Å². The summed E-state index contributed by atoms with van der Waals surface area (Å²) in [7, 11) is -4.90. The summed E-state index contributed by atoms with van der Waals surface area (Å²) in [5.41, 5.74) is 0.700. The number of hydrogen-bond donors (Lipinski definition) is 0. The summed E-state index contributed by atoms with van der Waals surface area (Å²) < 4.78 is 30.5. The van der Waals surface area contributed by atoms with E-state index in [1.165, 1.54) is 0 Å². The van der Waals surface area contributed by atoms with Crippen LogP contribution in [0.2, 0.25) is 17.6 Å². The lowest BCUT2D eigenvalue weighted by molar-refractivity contribution is 0.0450. The van der Waals surface area contributed by atoms with Crippen molar-refractivity contribution in [3.8, 4) is 0 Å². The van der Waals surface area contributed by atoms with Gasteiger partial charge < -0.3 is 22.1 Å². The zero-order valence-corrected chi connectivity index (χ0v) is 17.1. The zero-order valence-electron chi connectivity index (χ0n) is 15.1. The maximum atomic E-state index is 6.11. The van der Waals surface area contributed by atoms with Crippen molar-refractivity contribution in [3.05, 3.63) is 0 Å². The van der Waals surface area contributed by atoms with Crippen LogP contribution < -0.4 is 0 Å². The fourth-order valence-electron chi connectivity index (χ4n) is 3.43. The Balaban J connectivity index is 2.98. The molecular formula is C15H34O5Si2. The molecule has 0 amide bonds. The van der Waals surface area contributed by atoms with E-state index in [1.54, 1.807) is 0 Å². The molecular weight excluding hydrogens is 316 g/mol. The highest BCUT2D eigenvalue weighted by molar-refractivity contribution is 6.72. The van der Waals surface area contributed by atoms with Gasteiger partial charge in [-0.1, -0.05) is 0 Å². The maximum Gasteiger partial charge on any atom is 0.504 e. The molecule has 1 aliphatic carbocycles. The van der Waals surface area contributed by atoms with E-state index in [-0.39, 0.29) is 0 Å². The first-order valence-electron chi connectivity index (χ1n) is 8.73. The highest BCUT2D eigenvalue weighted by Crippen LogP contribution is 2.56. The number of hydrogen-bond acceptors (Lipinski definition) is 5. The molecule has 1 aliphatic rings. The van der Waals surface area contributed by atoms with Gasteiger partial charge in [0, 0.05) is 44.1 Å². The van der Waals surface area contributed by atoms with E-state index < -0.39 is 17.4 Å². The molecule has 1 fully saturated rings. The minimum atomic E-state index is -2.67. The topological polar surface area (TPSA) is 46.2 Å². The van der Waals surface area contributed by atoms with Crippen molar-refractivity contribution in [1.29, 1.82) is 0 Å². The quantitative estimate of drug-likeness (QED) is 0.502. The molecule has 2 atom stereocenters. The Morgan fingerprint density at radius 1 is 0.636 bits per heavy atom. The highest BCUT2D eigenvalue weighted by Gasteiger charge is 2.62. The van der Waals surface area contributed by atoms with Gasteiger partial charge in [0.15, 0.2) is 0 Å². The molecule has 0 saturated heterocycles. The van der Waals surface area contributed by atoms with Crippen LogP contribution >= 0.6 is 0 Å². The van der Waals surface area contributed by atoms with Gasteiger partial charge in [0.05, 0.1) is 0 Å². The van der Waals surface area contributed by atoms with Crippen LogP contribution in [0, 0.1) is 0 Å². The second-order valence-electron chi connectivity index (χ2n) is 5.57. The molecule has 0 aromatic heterocycles. The van der Waals surface area contributed by atoms with Crippen LogP contribution in [-0.4, -0.2) is 50.4 Å². The van der Waals surface area contributed by atoms with Crippen molar-refractivity contribution >= 4 is 17.4 Å². The molecule has 5 nitrogen and oxygen atoms in total. The predicted octanol–water partition coefficient (Wildman–Crippen LogP) is 3.71. The van der Waals surface area contributed by atoms with E-state index in [4.69, 9.17) is 22.1 Å². The minimum absolute atomic E-state index is 0.308. The average Bonchev–Trinajstić information content (AvgIpc) is 2.38. The number of rotatable bonds is 12. The molecule has 2 unspecified atom stereocenters. The first-order chi connectivity index (χ1) is 10.5. The van der Waals surface area contributed by atoms with Gasteiger partial charge in [-0.2, -0.15) is 0 Å². The molecule has 132 valence electrons. The Morgan fingerprint density at radius 2 is 1.00 bits per heavy atom. The molecule has 0 aromatic rings. The van der Waals surface area contributed by atoms with Gasteiger partial charge >= 0.3 is 17.4 Å². The van der Waals surface area contributed by atoms with Crippen molar-refractivity contribution < 1.29 is 22.1 Å². The molecule has 0 bridgehead atoms. The molecule has 1 saturated carbocycles. The standard InChI is InChI=1S/C15H34O5Si2/c1-7-16-21(6,17-8-2)14-12-13-15(14)22(18-9-3,19-10-4)20-11-5/h14-15H,7-13H2,1-6H3. The second-order valence-corrected chi connectivity index (χ2v) is 11.7. The summed E-state index contributed by atoms with van der Waals surface area (Å²) in [6.45, 7) is 15.5. The van der Waals surface area contributed by atoms with Crippen LogP contribution in [0.15, 0.2) is 0 Å². The summed E-state index contributed by atoms with van der Waals surface area (Å²) >= 11 is 0. The van der Waals surface area contributed by atoms with Gasteiger partial charge in [-0.3, -0.25) is 0 Å². The molecule has 22 heavy (non-hydrogen) atoms. The summed E-state index contributed by atoms with van der Waals surface area (Å²) in [6, 6.07) is 0. The van der Waals surface area contributed by atoms with Crippen LogP contribution in [0.25, 0.3) is 0 Å².